The Morgan fingerprint density at radius 3 is 1.75 bits per heavy atom. The van der Waals surface area contributed by atoms with Gasteiger partial charge in [0.1, 0.15) is 5.79 Å². The first-order chi connectivity index (χ1) is 3.06. The number of hydrogen-bond acceptors (Lipinski definition) is 3. The molecule has 0 bridgehead atoms. The molecule has 0 aliphatic rings. The first kappa shape index (κ1) is 11.3. The summed E-state index contributed by atoms with van der Waals surface area (Å²) in [6.45, 7) is 1.99. The largest absolute Gasteiger partial charge is 1.00 e. The van der Waals surface area contributed by atoms with Crippen molar-refractivity contribution in [3.05, 3.63) is 0 Å². The van der Waals surface area contributed by atoms with E-state index in [2.05, 4.69) is 0 Å². The van der Waals surface area contributed by atoms with Crippen LogP contribution < -0.4 is 36.1 Å². The van der Waals surface area contributed by atoms with Crippen molar-refractivity contribution in [2.24, 2.45) is 17.2 Å². The summed E-state index contributed by atoms with van der Waals surface area (Å²) in [5.41, 5.74) is 15.6. The maximum absolute atomic E-state index is 5.20. The summed E-state index contributed by atoms with van der Waals surface area (Å²) in [6, 6.07) is 0. The normalized spacial score (nSPS) is 10.5. The van der Waals surface area contributed by atoms with Gasteiger partial charge >= 0.3 is 18.9 Å². The van der Waals surface area contributed by atoms with Gasteiger partial charge in [-0.25, -0.2) is 0 Å². The third kappa shape index (κ3) is 9.69. The summed E-state index contributed by atoms with van der Waals surface area (Å²) in [6.07, 6.45) is 1.61. The minimum atomic E-state index is -0.950. The molecule has 0 unspecified atom stereocenters. The van der Waals surface area contributed by atoms with Crippen LogP contribution in [0.4, 0.5) is 0 Å². The Bertz CT molecular complexity index is 54.3. The van der Waals surface area contributed by atoms with Crippen LogP contribution in [0.2, 0.25) is 0 Å². The van der Waals surface area contributed by atoms with Crippen LogP contribution in [0.25, 0.3) is 0 Å². The van der Waals surface area contributed by atoms with Crippen molar-refractivity contribution in [3.8, 4) is 0 Å². The van der Waals surface area contributed by atoms with Crippen molar-refractivity contribution in [2.45, 2.75) is 25.6 Å². The van der Waals surface area contributed by atoms with Gasteiger partial charge in [0.05, 0.1) is 0 Å². The van der Waals surface area contributed by atoms with E-state index in [1.165, 1.54) is 0 Å². The van der Waals surface area contributed by atoms with E-state index in [-0.39, 0.29) is 20.3 Å². The Morgan fingerprint density at radius 2 is 1.75 bits per heavy atom. The Balaban J connectivity index is -0.000000180. The molecule has 0 aromatic rings. The summed E-state index contributed by atoms with van der Waals surface area (Å²) in [5, 5.41) is 0. The number of rotatable bonds is 2. The summed E-state index contributed by atoms with van der Waals surface area (Å²) in [7, 11) is 0. The van der Waals surface area contributed by atoms with Gasteiger partial charge in [0.2, 0.25) is 0 Å². The zero-order valence-corrected chi connectivity index (χ0v) is 5.65. The fourth-order valence-corrected chi connectivity index (χ4v) is 0.433. The molecule has 8 heavy (non-hydrogen) atoms. The molecule has 3 nitrogen and oxygen atoms in total. The molecule has 0 amide bonds. The van der Waals surface area contributed by atoms with Crippen LogP contribution in [-0.2, 0) is 0 Å². The molecule has 4 heteroatoms. The molecule has 0 aromatic heterocycles. The third-order valence-electron chi connectivity index (χ3n) is 0.683. The van der Waals surface area contributed by atoms with Gasteiger partial charge in [-0.3, -0.25) is 0 Å². The van der Waals surface area contributed by atoms with Crippen LogP contribution in [0.5, 0.6) is 0 Å². The van der Waals surface area contributed by atoms with E-state index in [1.54, 1.807) is 0 Å². The van der Waals surface area contributed by atoms with Gasteiger partial charge in [0.25, 0.3) is 0 Å². The van der Waals surface area contributed by atoms with Gasteiger partial charge in [0, 0.05) is 0 Å². The van der Waals surface area contributed by atoms with Gasteiger partial charge < -0.3 is 18.6 Å². The molecule has 0 atom stereocenters. The monoisotopic (exact) mass is 111 g/mol. The molecule has 0 spiro atoms. The van der Waals surface area contributed by atoms with Crippen LogP contribution in [0.3, 0.4) is 0 Å². The summed E-state index contributed by atoms with van der Waals surface area (Å²) in [5.74, 6) is -0.950. The van der Waals surface area contributed by atoms with Crippen LogP contribution in [0.1, 0.15) is 21.2 Å². The van der Waals surface area contributed by atoms with Crippen LogP contribution in [0.15, 0.2) is 0 Å². The predicted molar refractivity (Wildman–Crippen MR) is 31.3 cm³/mol. The molecule has 6 N–H and O–H groups in total. The minimum absolute atomic E-state index is 0. The summed E-state index contributed by atoms with van der Waals surface area (Å²) < 4.78 is 0. The zero-order chi connectivity index (χ0) is 5.91. The van der Waals surface area contributed by atoms with E-state index >= 15 is 0 Å². The topological polar surface area (TPSA) is 78.1 Å². The minimum Gasteiger partial charge on any atom is -1.00 e. The maximum Gasteiger partial charge on any atom is 1.00 e. The maximum atomic E-state index is 5.20. The molecule has 46 valence electrons. The first-order valence-corrected chi connectivity index (χ1v) is 2.43. The standard InChI is InChI=1S/C4H13N3.Li.H/c1-2-3-4(5,6)7;;/h2-3,5-7H2,1H3;;/q;+1;-1. The molecule has 0 radical (unpaired) electrons. The average Bonchev–Trinajstić information content (AvgIpc) is 1.30. The van der Waals surface area contributed by atoms with Crippen molar-refractivity contribution in [1.82, 2.24) is 0 Å². The molecule has 0 aliphatic heterocycles. The van der Waals surface area contributed by atoms with Gasteiger partial charge in [-0.1, -0.05) is 13.3 Å². The van der Waals surface area contributed by atoms with E-state index in [0.29, 0.717) is 6.42 Å². The zero-order valence-electron chi connectivity index (χ0n) is 6.65. The molecule has 0 aliphatic carbocycles. The third-order valence-corrected chi connectivity index (χ3v) is 0.683. The van der Waals surface area contributed by atoms with Crippen molar-refractivity contribution < 1.29 is 20.3 Å². The predicted octanol–water partition coefficient (Wildman–Crippen LogP) is -3.57. The van der Waals surface area contributed by atoms with E-state index < -0.39 is 5.79 Å². The second-order valence-electron chi connectivity index (χ2n) is 1.86. The van der Waals surface area contributed by atoms with E-state index in [9.17, 15) is 0 Å². The molecular formula is C4H14LiN3. The number of hydrogen-bond donors (Lipinski definition) is 3. The Kier molecular flexibility index (Phi) is 6.16. The van der Waals surface area contributed by atoms with Gasteiger partial charge in [-0.05, 0) is 6.42 Å². The van der Waals surface area contributed by atoms with Crippen LogP contribution in [0, 0.1) is 0 Å². The second kappa shape index (κ2) is 4.37. The first-order valence-electron chi connectivity index (χ1n) is 2.43. The van der Waals surface area contributed by atoms with Crippen molar-refractivity contribution >= 4 is 0 Å². The average molecular weight is 111 g/mol. The molecule has 0 rings (SSSR count). The van der Waals surface area contributed by atoms with Gasteiger partial charge in [-0.2, -0.15) is 0 Å². The van der Waals surface area contributed by atoms with Crippen LogP contribution >= 0.6 is 0 Å². The van der Waals surface area contributed by atoms with E-state index in [4.69, 9.17) is 17.2 Å². The van der Waals surface area contributed by atoms with Crippen molar-refractivity contribution in [1.29, 1.82) is 0 Å². The summed E-state index contributed by atoms with van der Waals surface area (Å²) >= 11 is 0. The SMILES string of the molecule is CCCC(N)(N)N.[H-].[Li+]. The molecule has 0 fully saturated rings. The van der Waals surface area contributed by atoms with E-state index in [1.807, 2.05) is 6.92 Å². The molecule has 0 saturated heterocycles. The number of nitrogens with two attached hydrogens (primary N) is 3. The molecule has 0 aromatic carbocycles. The molecule has 0 heterocycles. The fraction of sp³-hybridized carbons (Fsp3) is 1.00. The van der Waals surface area contributed by atoms with Crippen LogP contribution in [-0.4, -0.2) is 5.79 Å². The van der Waals surface area contributed by atoms with Crippen molar-refractivity contribution in [3.63, 3.8) is 0 Å². The van der Waals surface area contributed by atoms with Crippen molar-refractivity contribution in [2.75, 3.05) is 0 Å². The Morgan fingerprint density at radius 1 is 1.38 bits per heavy atom. The quantitative estimate of drug-likeness (QED) is 0.255. The molecule has 0 saturated carbocycles. The second-order valence-corrected chi connectivity index (χ2v) is 1.86. The fourth-order valence-electron chi connectivity index (χ4n) is 0.433. The summed E-state index contributed by atoms with van der Waals surface area (Å²) in [4.78, 5) is 0. The molecular weight excluding hydrogens is 97.0 g/mol. The Labute approximate surface area is 63.6 Å². The van der Waals surface area contributed by atoms with E-state index in [0.717, 1.165) is 6.42 Å². The van der Waals surface area contributed by atoms with Gasteiger partial charge in [-0.15, -0.1) is 0 Å². The van der Waals surface area contributed by atoms with Gasteiger partial charge in [0.15, 0.2) is 0 Å². The smallest absolute Gasteiger partial charge is 1.00 e. The Hall–Kier alpha value is 0.477.